The van der Waals surface area contributed by atoms with E-state index in [2.05, 4.69) is 38.0 Å². The molecule has 2 atom stereocenters. The summed E-state index contributed by atoms with van der Waals surface area (Å²) in [6, 6.07) is 9.52. The van der Waals surface area contributed by atoms with Crippen LogP contribution in [-0.4, -0.2) is 84.3 Å². The highest BCUT2D eigenvalue weighted by Crippen LogP contribution is 2.26. The Kier molecular flexibility index (Phi) is 6.20. The summed E-state index contributed by atoms with van der Waals surface area (Å²) >= 11 is 0. The highest BCUT2D eigenvalue weighted by Gasteiger charge is 2.35. The Labute approximate surface area is 187 Å². The number of fused-ring (bicyclic) bond motifs is 1. The van der Waals surface area contributed by atoms with Gasteiger partial charge in [-0.2, -0.15) is 4.98 Å². The molecule has 0 bridgehead atoms. The average Bonchev–Trinajstić information content (AvgIpc) is 3.41. The lowest BCUT2D eigenvalue weighted by Gasteiger charge is -2.27. The van der Waals surface area contributed by atoms with Crippen LogP contribution >= 0.6 is 0 Å². The van der Waals surface area contributed by atoms with Gasteiger partial charge in [0.1, 0.15) is 5.82 Å². The van der Waals surface area contributed by atoms with Crippen molar-refractivity contribution in [2.75, 3.05) is 64.2 Å². The number of rotatable bonds is 5. The van der Waals surface area contributed by atoms with E-state index in [4.69, 9.17) is 0 Å². The van der Waals surface area contributed by atoms with Gasteiger partial charge < -0.3 is 20.4 Å². The van der Waals surface area contributed by atoms with Crippen LogP contribution in [0.5, 0.6) is 0 Å². The third-order valence-corrected chi connectivity index (χ3v) is 6.84. The van der Waals surface area contributed by atoms with Gasteiger partial charge in [0.2, 0.25) is 0 Å². The van der Waals surface area contributed by atoms with E-state index >= 15 is 0 Å². The standard InChI is InChI=1S/C23H31N7O2/c31-22(29-11-7-24-8-12-29)26-21-6-10-30(23(32)27-21)20-3-1-17(2-4-20)5-9-28-15-18-13-25-14-19(18)16-28/h1-4,6,10,18-19,24-25H,5,7-9,11-16H2,(H,26,27,31,32). The van der Waals surface area contributed by atoms with Crippen LogP contribution in [0.2, 0.25) is 0 Å². The summed E-state index contributed by atoms with van der Waals surface area (Å²) in [4.78, 5) is 33.2. The molecule has 0 aliphatic carbocycles. The minimum atomic E-state index is -0.409. The predicted molar refractivity (Wildman–Crippen MR) is 123 cm³/mol. The molecule has 3 fully saturated rings. The number of aromatic nitrogens is 2. The van der Waals surface area contributed by atoms with Gasteiger partial charge in [0.15, 0.2) is 0 Å². The van der Waals surface area contributed by atoms with Crippen LogP contribution in [0.4, 0.5) is 10.6 Å². The fraction of sp³-hybridized carbons (Fsp3) is 0.522. The molecule has 3 aliphatic heterocycles. The van der Waals surface area contributed by atoms with Crippen LogP contribution in [0.3, 0.4) is 0 Å². The zero-order valence-electron chi connectivity index (χ0n) is 18.3. The highest BCUT2D eigenvalue weighted by atomic mass is 16.2. The maximum absolute atomic E-state index is 12.5. The number of benzene rings is 1. The number of nitrogens with zero attached hydrogens (tertiary/aromatic N) is 4. The number of urea groups is 1. The number of carbonyl (C=O) groups is 1. The molecule has 1 aromatic heterocycles. The molecular weight excluding hydrogens is 406 g/mol. The van der Waals surface area contributed by atoms with Gasteiger partial charge in [0.05, 0.1) is 5.69 Å². The summed E-state index contributed by atoms with van der Waals surface area (Å²) in [5.41, 5.74) is 1.63. The zero-order valence-corrected chi connectivity index (χ0v) is 18.3. The molecule has 170 valence electrons. The SMILES string of the molecule is O=C(Nc1ccn(-c2ccc(CCN3CC4CNCC4C3)cc2)c(=O)n1)N1CCNCC1. The van der Waals surface area contributed by atoms with Crippen LogP contribution in [-0.2, 0) is 6.42 Å². The summed E-state index contributed by atoms with van der Waals surface area (Å²) in [7, 11) is 0. The molecule has 2 aromatic rings. The zero-order chi connectivity index (χ0) is 21.9. The van der Waals surface area contributed by atoms with E-state index in [1.165, 1.54) is 23.2 Å². The van der Waals surface area contributed by atoms with E-state index < -0.39 is 5.69 Å². The number of nitrogens with one attached hydrogen (secondary N) is 3. The normalized spacial score (nSPS) is 23.3. The second-order valence-corrected chi connectivity index (χ2v) is 8.99. The molecule has 4 heterocycles. The molecule has 0 radical (unpaired) electrons. The van der Waals surface area contributed by atoms with Gasteiger partial charge in [-0.05, 0) is 55.1 Å². The second kappa shape index (κ2) is 9.40. The minimum Gasteiger partial charge on any atom is -0.322 e. The number of piperazine rings is 1. The van der Waals surface area contributed by atoms with Crippen LogP contribution in [0.15, 0.2) is 41.3 Å². The molecule has 3 N–H and O–H groups in total. The van der Waals surface area contributed by atoms with E-state index in [9.17, 15) is 9.59 Å². The molecule has 2 amide bonds. The first-order chi connectivity index (χ1) is 15.7. The quantitative estimate of drug-likeness (QED) is 0.626. The van der Waals surface area contributed by atoms with E-state index in [0.717, 1.165) is 56.7 Å². The molecule has 32 heavy (non-hydrogen) atoms. The first-order valence-electron chi connectivity index (χ1n) is 11.5. The van der Waals surface area contributed by atoms with E-state index in [1.54, 1.807) is 17.2 Å². The Balaban J connectivity index is 1.17. The summed E-state index contributed by atoms with van der Waals surface area (Å²) in [5, 5.41) is 9.42. The van der Waals surface area contributed by atoms with Crippen molar-refractivity contribution in [2.24, 2.45) is 11.8 Å². The lowest BCUT2D eigenvalue weighted by Crippen LogP contribution is -2.48. The van der Waals surface area contributed by atoms with Crippen LogP contribution < -0.4 is 21.6 Å². The average molecular weight is 438 g/mol. The molecular formula is C23H31N7O2. The van der Waals surface area contributed by atoms with E-state index in [1.807, 2.05) is 12.1 Å². The molecule has 9 nitrogen and oxygen atoms in total. The molecule has 3 saturated heterocycles. The van der Waals surface area contributed by atoms with E-state index in [0.29, 0.717) is 13.1 Å². The fourth-order valence-corrected chi connectivity index (χ4v) is 4.97. The van der Waals surface area contributed by atoms with Gasteiger partial charge in [0, 0.05) is 52.0 Å². The predicted octanol–water partition coefficient (Wildman–Crippen LogP) is 0.363. The third-order valence-electron chi connectivity index (χ3n) is 6.84. The maximum Gasteiger partial charge on any atom is 0.354 e. The molecule has 0 spiro atoms. The number of amides is 2. The lowest BCUT2D eigenvalue weighted by atomic mass is 10.0. The molecule has 1 aromatic carbocycles. The molecule has 9 heteroatoms. The summed E-state index contributed by atoms with van der Waals surface area (Å²) < 4.78 is 1.50. The van der Waals surface area contributed by atoms with Crippen LogP contribution in [0.25, 0.3) is 5.69 Å². The fourth-order valence-electron chi connectivity index (χ4n) is 4.97. The first kappa shape index (κ1) is 21.1. The smallest absolute Gasteiger partial charge is 0.322 e. The van der Waals surface area contributed by atoms with Crippen molar-refractivity contribution >= 4 is 11.8 Å². The molecule has 5 rings (SSSR count). The maximum atomic E-state index is 12.5. The van der Waals surface area contributed by atoms with Gasteiger partial charge in [-0.3, -0.25) is 9.88 Å². The van der Waals surface area contributed by atoms with Gasteiger partial charge >= 0.3 is 11.7 Å². The van der Waals surface area contributed by atoms with E-state index in [-0.39, 0.29) is 11.8 Å². The number of hydrogen-bond acceptors (Lipinski definition) is 6. The van der Waals surface area contributed by atoms with Crippen molar-refractivity contribution in [1.82, 2.24) is 30.0 Å². The molecule has 3 aliphatic rings. The Morgan fingerprint density at radius 3 is 2.44 bits per heavy atom. The van der Waals surface area contributed by atoms with Crippen molar-refractivity contribution in [1.29, 1.82) is 0 Å². The Morgan fingerprint density at radius 2 is 1.75 bits per heavy atom. The monoisotopic (exact) mass is 437 g/mol. The van der Waals surface area contributed by atoms with Gasteiger partial charge in [-0.1, -0.05) is 12.1 Å². The minimum absolute atomic E-state index is 0.224. The van der Waals surface area contributed by atoms with Crippen LogP contribution in [0, 0.1) is 11.8 Å². The van der Waals surface area contributed by atoms with Gasteiger partial charge in [-0.15, -0.1) is 0 Å². The number of likely N-dealkylation sites (tertiary alicyclic amines) is 1. The molecule has 2 unspecified atom stereocenters. The van der Waals surface area contributed by atoms with Crippen molar-refractivity contribution in [3.63, 3.8) is 0 Å². The second-order valence-electron chi connectivity index (χ2n) is 8.99. The summed E-state index contributed by atoms with van der Waals surface area (Å²) in [5.74, 6) is 1.92. The topological polar surface area (TPSA) is 94.5 Å². The number of carbonyl (C=O) groups excluding carboxylic acids is 1. The Hall–Kier alpha value is -2.75. The summed E-state index contributed by atoms with van der Waals surface area (Å²) in [6.07, 6.45) is 2.67. The lowest BCUT2D eigenvalue weighted by molar-refractivity contribution is 0.204. The largest absolute Gasteiger partial charge is 0.354 e. The van der Waals surface area contributed by atoms with Crippen molar-refractivity contribution in [2.45, 2.75) is 6.42 Å². The molecule has 0 saturated carbocycles. The van der Waals surface area contributed by atoms with Gasteiger partial charge in [-0.25, -0.2) is 9.59 Å². The Morgan fingerprint density at radius 1 is 1.03 bits per heavy atom. The van der Waals surface area contributed by atoms with Crippen LogP contribution in [0.1, 0.15) is 5.56 Å². The Bertz CT molecular complexity index is 988. The first-order valence-corrected chi connectivity index (χ1v) is 11.5. The third kappa shape index (κ3) is 4.69. The van der Waals surface area contributed by atoms with Crippen molar-refractivity contribution in [3.8, 4) is 5.69 Å². The van der Waals surface area contributed by atoms with Crippen molar-refractivity contribution in [3.05, 3.63) is 52.6 Å². The summed E-state index contributed by atoms with van der Waals surface area (Å²) in [6.45, 7) is 8.65. The number of hydrogen-bond donors (Lipinski definition) is 3. The number of anilines is 1. The van der Waals surface area contributed by atoms with Gasteiger partial charge in [0.25, 0.3) is 0 Å². The highest BCUT2D eigenvalue weighted by molar-refractivity contribution is 5.88. The van der Waals surface area contributed by atoms with Crippen molar-refractivity contribution < 1.29 is 4.79 Å².